The summed E-state index contributed by atoms with van der Waals surface area (Å²) in [6.45, 7) is 0. The molecule has 0 N–H and O–H groups in total. The van der Waals surface area contributed by atoms with Crippen LogP contribution in [0.25, 0.3) is 110 Å². The minimum absolute atomic E-state index is 0.542. The normalized spacial score (nSPS) is 13.2. The van der Waals surface area contributed by atoms with Crippen molar-refractivity contribution >= 4 is 53.4 Å². The lowest BCUT2D eigenvalue weighted by atomic mass is 9.69. The Morgan fingerprint density at radius 3 is 1.67 bits per heavy atom. The maximum atomic E-state index is 6.84. The van der Waals surface area contributed by atoms with Crippen LogP contribution in [0.15, 0.2) is 205 Å². The van der Waals surface area contributed by atoms with Crippen LogP contribution in [0.5, 0.6) is 0 Å². The van der Waals surface area contributed by atoms with Crippen molar-refractivity contribution in [1.82, 2.24) is 15.0 Å². The zero-order valence-corrected chi connectivity index (χ0v) is 34.5. The van der Waals surface area contributed by atoms with Crippen LogP contribution in [0.2, 0.25) is 0 Å². The van der Waals surface area contributed by atoms with Gasteiger partial charge in [0.05, 0.1) is 5.41 Å². The van der Waals surface area contributed by atoms with Gasteiger partial charge in [-0.3, -0.25) is 0 Å². The van der Waals surface area contributed by atoms with E-state index in [1.807, 2.05) is 72.0 Å². The van der Waals surface area contributed by atoms with Crippen molar-refractivity contribution in [2.45, 2.75) is 5.41 Å². The Hall–Kier alpha value is -7.99. The Kier molecular flexibility index (Phi) is 7.16. The lowest BCUT2D eigenvalue weighted by Gasteiger charge is -2.31. The van der Waals surface area contributed by atoms with Gasteiger partial charge < -0.3 is 4.42 Å². The van der Waals surface area contributed by atoms with E-state index >= 15 is 0 Å². The van der Waals surface area contributed by atoms with Crippen molar-refractivity contribution in [3.63, 3.8) is 0 Å². The number of fused-ring (bicyclic) bond motifs is 17. The summed E-state index contributed by atoms with van der Waals surface area (Å²) in [7, 11) is 0. The van der Waals surface area contributed by atoms with Crippen LogP contribution >= 0.6 is 11.3 Å². The molecule has 0 radical (unpaired) electrons. The Balaban J connectivity index is 1.00. The van der Waals surface area contributed by atoms with Crippen molar-refractivity contribution in [2.24, 2.45) is 0 Å². The topological polar surface area (TPSA) is 51.8 Å². The molecular weight excluding hydrogens is 787 g/mol. The van der Waals surface area contributed by atoms with E-state index < -0.39 is 5.41 Å². The van der Waals surface area contributed by atoms with E-state index in [1.165, 1.54) is 64.7 Å². The number of thiophene rings is 1. The fourth-order valence-electron chi connectivity index (χ4n) is 10.7. The molecule has 3 aromatic heterocycles. The minimum atomic E-state index is -0.542. The highest BCUT2D eigenvalue weighted by molar-refractivity contribution is 7.25. The standard InChI is InChI=1S/C58H33N3OS/c1-3-14-34(15-4-1)55-59-56(35-16-5-2-6-17-35)61-57(60-55)38-19-13-18-36(30-38)37-26-28-49-45(31-37)53-50(62-49)29-27-42-43-32-44-41-22-9-12-25-51(41)63-52(44)33-48(43)58(54(42)53)46-23-10-7-20-39(46)40-21-8-11-24-47(40)58/h1-33H. The second-order valence-corrected chi connectivity index (χ2v) is 17.7. The highest BCUT2D eigenvalue weighted by Crippen LogP contribution is 2.65. The molecule has 14 rings (SSSR count). The maximum absolute atomic E-state index is 6.84. The average Bonchev–Trinajstić information content (AvgIpc) is 4.08. The number of nitrogens with zero attached hydrogens (tertiary/aromatic N) is 3. The second kappa shape index (κ2) is 13.0. The fraction of sp³-hybridized carbons (Fsp3) is 0.0172. The van der Waals surface area contributed by atoms with Gasteiger partial charge in [-0.2, -0.15) is 0 Å². The molecule has 4 nitrogen and oxygen atoms in total. The zero-order valence-electron chi connectivity index (χ0n) is 33.7. The highest BCUT2D eigenvalue weighted by atomic mass is 32.1. The summed E-state index contributed by atoms with van der Waals surface area (Å²) in [5, 5.41) is 4.88. The molecule has 0 saturated heterocycles. The molecule has 0 fully saturated rings. The van der Waals surface area contributed by atoms with Crippen LogP contribution < -0.4 is 0 Å². The summed E-state index contributed by atoms with van der Waals surface area (Å²) in [6.07, 6.45) is 0. The summed E-state index contributed by atoms with van der Waals surface area (Å²) in [5.41, 5.74) is 16.6. The Morgan fingerprint density at radius 2 is 0.937 bits per heavy atom. The van der Waals surface area contributed by atoms with E-state index in [-0.39, 0.29) is 0 Å². The number of rotatable bonds is 4. The molecule has 2 aliphatic rings. The molecule has 1 spiro atoms. The predicted octanol–water partition coefficient (Wildman–Crippen LogP) is 15.2. The van der Waals surface area contributed by atoms with Gasteiger partial charge in [0.2, 0.25) is 0 Å². The third-order valence-corrected chi connectivity index (χ3v) is 14.5. The van der Waals surface area contributed by atoms with Crippen molar-refractivity contribution < 1.29 is 4.42 Å². The zero-order chi connectivity index (χ0) is 41.2. The second-order valence-electron chi connectivity index (χ2n) is 16.6. The molecule has 12 aromatic rings. The molecule has 0 amide bonds. The van der Waals surface area contributed by atoms with Crippen LogP contribution in [0.3, 0.4) is 0 Å². The van der Waals surface area contributed by atoms with Crippen molar-refractivity contribution in [2.75, 3.05) is 0 Å². The first-order valence-corrected chi connectivity index (χ1v) is 22.2. The number of benzene rings is 9. The largest absolute Gasteiger partial charge is 0.456 e. The number of hydrogen-bond donors (Lipinski definition) is 0. The molecule has 3 heterocycles. The Morgan fingerprint density at radius 1 is 0.349 bits per heavy atom. The van der Waals surface area contributed by atoms with Crippen LogP contribution in [-0.4, -0.2) is 15.0 Å². The lowest BCUT2D eigenvalue weighted by Crippen LogP contribution is -2.26. The van der Waals surface area contributed by atoms with E-state index in [9.17, 15) is 0 Å². The van der Waals surface area contributed by atoms with Gasteiger partial charge in [0.15, 0.2) is 17.5 Å². The summed E-state index contributed by atoms with van der Waals surface area (Å²) < 4.78 is 9.47. The first-order valence-electron chi connectivity index (χ1n) is 21.3. The number of aromatic nitrogens is 3. The van der Waals surface area contributed by atoms with E-state index in [4.69, 9.17) is 19.4 Å². The monoisotopic (exact) mass is 819 g/mol. The van der Waals surface area contributed by atoms with Crippen LogP contribution in [0.4, 0.5) is 0 Å². The van der Waals surface area contributed by atoms with Crippen LogP contribution in [-0.2, 0) is 5.41 Å². The molecule has 0 bridgehead atoms. The van der Waals surface area contributed by atoms with Gasteiger partial charge in [-0.05, 0) is 98.1 Å². The molecule has 0 saturated carbocycles. The molecule has 0 unspecified atom stereocenters. The summed E-state index contributed by atoms with van der Waals surface area (Å²) >= 11 is 1.89. The highest BCUT2D eigenvalue weighted by Gasteiger charge is 2.53. The van der Waals surface area contributed by atoms with Crippen LogP contribution in [0, 0.1) is 0 Å². The molecule has 0 aliphatic heterocycles. The third kappa shape index (κ3) is 4.88. The van der Waals surface area contributed by atoms with Gasteiger partial charge in [-0.15, -0.1) is 11.3 Å². The predicted molar refractivity (Wildman–Crippen MR) is 258 cm³/mol. The number of furan rings is 1. The van der Waals surface area contributed by atoms with E-state index in [2.05, 4.69) is 140 Å². The molecule has 292 valence electrons. The first kappa shape index (κ1) is 34.7. The Labute approximate surface area is 366 Å². The third-order valence-electron chi connectivity index (χ3n) is 13.3. The molecule has 63 heavy (non-hydrogen) atoms. The van der Waals surface area contributed by atoms with Crippen molar-refractivity contribution in [3.05, 3.63) is 222 Å². The van der Waals surface area contributed by atoms with E-state index in [1.54, 1.807) is 0 Å². The van der Waals surface area contributed by atoms with Crippen molar-refractivity contribution in [3.8, 4) is 67.5 Å². The quantitative estimate of drug-likeness (QED) is 0.177. The summed E-state index contributed by atoms with van der Waals surface area (Å²) in [6, 6.07) is 71.8. The first-order chi connectivity index (χ1) is 31.2. The van der Waals surface area contributed by atoms with Gasteiger partial charge >= 0.3 is 0 Å². The average molecular weight is 820 g/mol. The summed E-state index contributed by atoms with van der Waals surface area (Å²) in [4.78, 5) is 15.0. The van der Waals surface area contributed by atoms with Gasteiger partial charge in [-0.1, -0.05) is 158 Å². The smallest absolute Gasteiger partial charge is 0.164 e. The maximum Gasteiger partial charge on any atom is 0.164 e. The molecule has 0 atom stereocenters. The summed E-state index contributed by atoms with van der Waals surface area (Å²) in [5.74, 6) is 1.91. The molecular formula is C58H33N3OS. The van der Waals surface area contributed by atoms with E-state index in [0.29, 0.717) is 17.5 Å². The van der Waals surface area contributed by atoms with Gasteiger partial charge in [0.1, 0.15) is 11.2 Å². The number of hydrogen-bond acceptors (Lipinski definition) is 5. The fourth-order valence-corrected chi connectivity index (χ4v) is 11.8. The van der Waals surface area contributed by atoms with Gasteiger partial charge in [0.25, 0.3) is 0 Å². The van der Waals surface area contributed by atoms with Crippen molar-refractivity contribution in [1.29, 1.82) is 0 Å². The van der Waals surface area contributed by atoms with E-state index in [0.717, 1.165) is 49.8 Å². The Bertz CT molecular complexity index is 3760. The molecule has 5 heteroatoms. The molecule has 9 aromatic carbocycles. The molecule has 2 aliphatic carbocycles. The van der Waals surface area contributed by atoms with Crippen LogP contribution in [0.1, 0.15) is 22.3 Å². The van der Waals surface area contributed by atoms with Gasteiger partial charge in [-0.25, -0.2) is 15.0 Å². The van der Waals surface area contributed by atoms with Gasteiger partial charge in [0, 0.05) is 47.6 Å². The lowest BCUT2D eigenvalue weighted by molar-refractivity contribution is 0.668. The minimum Gasteiger partial charge on any atom is -0.456 e. The SMILES string of the molecule is c1ccc(-c2nc(-c3ccccc3)nc(-c3cccc(-c4ccc5oc6ccc7c(c6c5c4)C4(c5ccccc5-c5ccccc54)c4cc5sc6ccccc6c5cc4-7)c3)n2)cc1.